The maximum atomic E-state index is 8.73. The molecule has 0 radical (unpaired) electrons. The van der Waals surface area contributed by atoms with Crippen molar-refractivity contribution in [1.29, 1.82) is 5.26 Å². The van der Waals surface area contributed by atoms with E-state index in [2.05, 4.69) is 25.2 Å². The number of hydrogen-bond acceptors (Lipinski definition) is 2. The summed E-state index contributed by atoms with van der Waals surface area (Å²) in [5, 5.41) is 12.0. The van der Waals surface area contributed by atoms with Crippen LogP contribution < -0.4 is 5.32 Å². The zero-order valence-electron chi connectivity index (χ0n) is 8.65. The molecule has 0 aliphatic heterocycles. The van der Waals surface area contributed by atoms with Crippen LogP contribution in [0.25, 0.3) is 0 Å². The van der Waals surface area contributed by atoms with Gasteiger partial charge in [0, 0.05) is 6.54 Å². The molecule has 0 saturated carbocycles. The molecule has 0 saturated heterocycles. The minimum Gasteiger partial charge on any atom is -0.315 e. The summed E-state index contributed by atoms with van der Waals surface area (Å²) in [5.41, 5.74) is -0.229. The van der Waals surface area contributed by atoms with Crippen LogP contribution in [0.3, 0.4) is 0 Å². The molecule has 0 aromatic carbocycles. The highest BCUT2D eigenvalue weighted by atomic mass is 14.9. The van der Waals surface area contributed by atoms with Crippen molar-refractivity contribution in [2.75, 3.05) is 13.1 Å². The van der Waals surface area contributed by atoms with E-state index in [1.165, 1.54) is 6.42 Å². The molecular weight excluding hydrogens is 148 g/mol. The molecule has 0 aliphatic rings. The van der Waals surface area contributed by atoms with Gasteiger partial charge in [-0.15, -0.1) is 0 Å². The van der Waals surface area contributed by atoms with E-state index in [0.29, 0.717) is 5.92 Å². The second-order valence-electron chi connectivity index (χ2n) is 4.14. The van der Waals surface area contributed by atoms with Gasteiger partial charge >= 0.3 is 0 Å². The van der Waals surface area contributed by atoms with Gasteiger partial charge in [0.25, 0.3) is 0 Å². The van der Waals surface area contributed by atoms with Crippen molar-refractivity contribution in [2.45, 2.75) is 34.1 Å². The fourth-order valence-electron chi connectivity index (χ4n) is 0.815. The lowest BCUT2D eigenvalue weighted by molar-refractivity contribution is 0.410. The summed E-state index contributed by atoms with van der Waals surface area (Å²) in [6.07, 6.45) is 1.19. The predicted octanol–water partition coefficient (Wildman–Crippen LogP) is 2.17. The van der Waals surface area contributed by atoms with Gasteiger partial charge in [0.1, 0.15) is 0 Å². The topological polar surface area (TPSA) is 35.8 Å². The van der Waals surface area contributed by atoms with Gasteiger partial charge in [-0.25, -0.2) is 0 Å². The lowest BCUT2D eigenvalue weighted by atomic mass is 9.96. The molecule has 0 heterocycles. The van der Waals surface area contributed by atoms with Crippen LogP contribution in [0.15, 0.2) is 0 Å². The molecule has 0 aromatic rings. The van der Waals surface area contributed by atoms with Gasteiger partial charge in [-0.3, -0.25) is 0 Å². The lowest BCUT2D eigenvalue weighted by Crippen LogP contribution is -2.31. The summed E-state index contributed by atoms with van der Waals surface area (Å²) in [5.74, 6) is 0.708. The minimum atomic E-state index is -0.229. The predicted molar refractivity (Wildman–Crippen MR) is 51.7 cm³/mol. The van der Waals surface area contributed by atoms with Crippen LogP contribution >= 0.6 is 0 Å². The molecular formula is C10H20N2. The second kappa shape index (κ2) is 5.16. The quantitative estimate of drug-likeness (QED) is 0.683. The molecule has 0 amide bonds. The van der Waals surface area contributed by atoms with Crippen LogP contribution in [0.4, 0.5) is 0 Å². The van der Waals surface area contributed by atoms with Crippen LogP contribution in [0, 0.1) is 22.7 Å². The van der Waals surface area contributed by atoms with Crippen LogP contribution in [-0.2, 0) is 0 Å². The van der Waals surface area contributed by atoms with E-state index in [4.69, 9.17) is 5.26 Å². The highest BCUT2D eigenvalue weighted by Gasteiger charge is 2.15. The van der Waals surface area contributed by atoms with Crippen molar-refractivity contribution in [3.05, 3.63) is 0 Å². The number of hydrogen-bond donors (Lipinski definition) is 1. The zero-order valence-corrected chi connectivity index (χ0v) is 8.65. The lowest BCUT2D eigenvalue weighted by Gasteiger charge is -2.17. The fourth-order valence-corrected chi connectivity index (χ4v) is 0.815. The Hall–Kier alpha value is -0.550. The van der Waals surface area contributed by atoms with E-state index >= 15 is 0 Å². The normalized spacial score (nSPS) is 13.9. The van der Waals surface area contributed by atoms with E-state index in [-0.39, 0.29) is 5.41 Å². The Bertz CT molecular complexity index is 156. The van der Waals surface area contributed by atoms with E-state index in [1.807, 2.05) is 13.8 Å². The number of nitrogens with zero attached hydrogens (tertiary/aromatic N) is 1. The van der Waals surface area contributed by atoms with Crippen LogP contribution in [0.1, 0.15) is 34.1 Å². The Morgan fingerprint density at radius 2 is 2.08 bits per heavy atom. The number of nitrogens with one attached hydrogen (secondary N) is 1. The molecule has 0 bridgehead atoms. The molecule has 1 atom stereocenters. The first kappa shape index (κ1) is 11.4. The Morgan fingerprint density at radius 3 is 2.50 bits per heavy atom. The van der Waals surface area contributed by atoms with Gasteiger partial charge in [-0.2, -0.15) is 5.26 Å². The molecule has 2 heteroatoms. The van der Waals surface area contributed by atoms with Crippen LogP contribution in [-0.4, -0.2) is 13.1 Å². The molecule has 2 nitrogen and oxygen atoms in total. The minimum absolute atomic E-state index is 0.229. The average Bonchev–Trinajstić information content (AvgIpc) is 2.04. The second-order valence-corrected chi connectivity index (χ2v) is 4.14. The van der Waals surface area contributed by atoms with Gasteiger partial charge in [-0.05, 0) is 26.3 Å². The summed E-state index contributed by atoms with van der Waals surface area (Å²) < 4.78 is 0. The molecule has 1 N–H and O–H groups in total. The number of nitriles is 1. The van der Waals surface area contributed by atoms with Gasteiger partial charge < -0.3 is 5.32 Å². The fraction of sp³-hybridized carbons (Fsp3) is 0.900. The van der Waals surface area contributed by atoms with Gasteiger partial charge in [0.2, 0.25) is 0 Å². The molecule has 0 rings (SSSR count). The SMILES string of the molecule is CCC(C)CNCC(C)(C)C#N. The van der Waals surface area contributed by atoms with Crippen LogP contribution in [0.5, 0.6) is 0 Å². The van der Waals surface area contributed by atoms with E-state index in [0.717, 1.165) is 13.1 Å². The van der Waals surface area contributed by atoms with Crippen molar-refractivity contribution >= 4 is 0 Å². The average molecular weight is 168 g/mol. The molecule has 0 spiro atoms. The van der Waals surface area contributed by atoms with Crippen molar-refractivity contribution in [1.82, 2.24) is 5.32 Å². The summed E-state index contributed by atoms with van der Waals surface area (Å²) in [6, 6.07) is 2.27. The van der Waals surface area contributed by atoms with E-state index < -0.39 is 0 Å². The maximum Gasteiger partial charge on any atom is 0.0697 e. The smallest absolute Gasteiger partial charge is 0.0697 e. The standard InChI is InChI=1S/C10H20N2/c1-5-9(2)6-12-8-10(3,4)7-11/h9,12H,5-6,8H2,1-4H3. The Balaban J connectivity index is 3.51. The van der Waals surface area contributed by atoms with Crippen LogP contribution in [0.2, 0.25) is 0 Å². The first-order chi connectivity index (χ1) is 5.52. The van der Waals surface area contributed by atoms with Gasteiger partial charge in [0.05, 0.1) is 11.5 Å². The van der Waals surface area contributed by atoms with Crippen molar-refractivity contribution < 1.29 is 0 Å². The summed E-state index contributed by atoms with van der Waals surface area (Å²) in [4.78, 5) is 0. The van der Waals surface area contributed by atoms with Crippen molar-refractivity contribution in [3.63, 3.8) is 0 Å². The van der Waals surface area contributed by atoms with Crippen molar-refractivity contribution in [2.24, 2.45) is 11.3 Å². The van der Waals surface area contributed by atoms with E-state index in [9.17, 15) is 0 Å². The first-order valence-electron chi connectivity index (χ1n) is 4.64. The largest absolute Gasteiger partial charge is 0.315 e. The van der Waals surface area contributed by atoms with Gasteiger partial charge in [0.15, 0.2) is 0 Å². The molecule has 1 unspecified atom stereocenters. The molecule has 12 heavy (non-hydrogen) atoms. The highest BCUT2D eigenvalue weighted by molar-refractivity contribution is 4.93. The number of rotatable bonds is 5. The Morgan fingerprint density at radius 1 is 1.50 bits per heavy atom. The molecule has 0 fully saturated rings. The molecule has 70 valence electrons. The summed E-state index contributed by atoms with van der Waals surface area (Å²) in [6.45, 7) is 10.1. The third kappa shape index (κ3) is 5.15. The summed E-state index contributed by atoms with van der Waals surface area (Å²) >= 11 is 0. The van der Waals surface area contributed by atoms with Crippen molar-refractivity contribution in [3.8, 4) is 6.07 Å². The molecule has 0 aromatic heterocycles. The zero-order chi connectivity index (χ0) is 9.61. The Labute approximate surface area is 76.0 Å². The monoisotopic (exact) mass is 168 g/mol. The first-order valence-corrected chi connectivity index (χ1v) is 4.64. The maximum absolute atomic E-state index is 8.73. The summed E-state index contributed by atoms with van der Waals surface area (Å²) in [7, 11) is 0. The molecule has 0 aliphatic carbocycles. The van der Waals surface area contributed by atoms with E-state index in [1.54, 1.807) is 0 Å². The Kier molecular flexibility index (Phi) is 4.92. The third-order valence-corrected chi connectivity index (χ3v) is 2.06. The highest BCUT2D eigenvalue weighted by Crippen LogP contribution is 2.10. The third-order valence-electron chi connectivity index (χ3n) is 2.06. The van der Waals surface area contributed by atoms with Gasteiger partial charge in [-0.1, -0.05) is 20.3 Å².